The Balaban J connectivity index is 1.91. The quantitative estimate of drug-likeness (QED) is 0.817. The predicted octanol–water partition coefficient (Wildman–Crippen LogP) is 2.23. The van der Waals surface area contributed by atoms with E-state index in [4.69, 9.17) is 5.73 Å². The van der Waals surface area contributed by atoms with Crippen molar-refractivity contribution in [1.29, 1.82) is 0 Å². The van der Waals surface area contributed by atoms with Crippen molar-refractivity contribution in [2.24, 2.45) is 0 Å². The highest BCUT2D eigenvalue weighted by molar-refractivity contribution is 5.92. The minimum Gasteiger partial charge on any atom is -0.399 e. The van der Waals surface area contributed by atoms with Crippen LogP contribution < -0.4 is 11.1 Å². The highest BCUT2D eigenvalue weighted by Crippen LogP contribution is 2.29. The van der Waals surface area contributed by atoms with Gasteiger partial charge in [0.1, 0.15) is 0 Å². The monoisotopic (exact) mass is 287 g/mol. The maximum absolute atomic E-state index is 12.4. The molecule has 3 N–H and O–H groups in total. The molecule has 1 fully saturated rings. The fraction of sp³-hybridized carbons (Fsp3) is 0.462. The van der Waals surface area contributed by atoms with E-state index in [-0.39, 0.29) is 12.6 Å². The van der Waals surface area contributed by atoms with Gasteiger partial charge in [-0.3, -0.25) is 9.69 Å². The van der Waals surface area contributed by atoms with Gasteiger partial charge in [0, 0.05) is 17.4 Å². The smallest absolute Gasteiger partial charge is 0.399 e. The van der Waals surface area contributed by atoms with Crippen LogP contribution in [-0.2, 0) is 4.79 Å². The summed E-state index contributed by atoms with van der Waals surface area (Å²) in [5.41, 5.74) is 6.53. The van der Waals surface area contributed by atoms with Crippen molar-refractivity contribution < 1.29 is 18.0 Å². The van der Waals surface area contributed by atoms with Gasteiger partial charge in [-0.2, -0.15) is 13.2 Å². The molecule has 2 rings (SSSR count). The van der Waals surface area contributed by atoms with E-state index >= 15 is 0 Å². The number of carbonyl (C=O) groups excluding carboxylic acids is 1. The molecule has 0 atom stereocenters. The first-order valence-corrected chi connectivity index (χ1v) is 6.30. The second kappa shape index (κ2) is 5.70. The van der Waals surface area contributed by atoms with Crippen molar-refractivity contribution in [2.75, 3.05) is 24.1 Å². The van der Waals surface area contributed by atoms with Gasteiger partial charge < -0.3 is 11.1 Å². The van der Waals surface area contributed by atoms with E-state index in [0.717, 1.165) is 0 Å². The molecular formula is C13H16F3N3O. The van der Waals surface area contributed by atoms with Gasteiger partial charge in [0.15, 0.2) is 0 Å². The van der Waals surface area contributed by atoms with Gasteiger partial charge in [0.25, 0.3) is 0 Å². The van der Waals surface area contributed by atoms with Gasteiger partial charge in [-0.05, 0) is 31.0 Å². The summed E-state index contributed by atoms with van der Waals surface area (Å²) in [4.78, 5) is 13.0. The van der Waals surface area contributed by atoms with Crippen molar-refractivity contribution >= 4 is 17.3 Å². The second-order valence-electron chi connectivity index (χ2n) is 4.92. The molecule has 0 radical (unpaired) electrons. The van der Waals surface area contributed by atoms with E-state index in [2.05, 4.69) is 5.32 Å². The first-order chi connectivity index (χ1) is 9.33. The Hall–Kier alpha value is -1.76. The first kappa shape index (κ1) is 14.6. The summed E-state index contributed by atoms with van der Waals surface area (Å²) in [7, 11) is 0. The molecule has 1 aromatic carbocycles. The molecule has 110 valence electrons. The Bertz CT molecular complexity index is 486. The topological polar surface area (TPSA) is 58.4 Å². The highest BCUT2D eigenvalue weighted by Gasteiger charge is 2.38. The predicted molar refractivity (Wildman–Crippen MR) is 70.1 cm³/mol. The third-order valence-corrected chi connectivity index (χ3v) is 2.96. The Kier molecular flexibility index (Phi) is 4.17. The van der Waals surface area contributed by atoms with Crippen molar-refractivity contribution in [1.82, 2.24) is 4.90 Å². The van der Waals surface area contributed by atoms with Crippen LogP contribution in [0.5, 0.6) is 0 Å². The Labute approximate surface area is 114 Å². The number of carbonyl (C=O) groups is 1. The third-order valence-electron chi connectivity index (χ3n) is 2.96. The average molecular weight is 287 g/mol. The number of hydrogen-bond donors (Lipinski definition) is 2. The largest absolute Gasteiger partial charge is 0.401 e. The number of amides is 1. The Morgan fingerprint density at radius 1 is 1.40 bits per heavy atom. The number of rotatable bonds is 5. The van der Waals surface area contributed by atoms with Crippen LogP contribution in [0.2, 0.25) is 0 Å². The van der Waals surface area contributed by atoms with E-state index in [1.807, 2.05) is 0 Å². The number of nitrogen functional groups attached to an aromatic ring is 1. The van der Waals surface area contributed by atoms with Crippen LogP contribution in [0.3, 0.4) is 0 Å². The molecule has 4 nitrogen and oxygen atoms in total. The molecule has 1 amide bonds. The zero-order valence-corrected chi connectivity index (χ0v) is 10.8. The molecule has 1 aromatic rings. The summed E-state index contributed by atoms with van der Waals surface area (Å²) in [6, 6.07) is 6.39. The Morgan fingerprint density at radius 2 is 2.10 bits per heavy atom. The van der Waals surface area contributed by atoms with Crippen LogP contribution in [0.1, 0.15) is 12.8 Å². The number of benzene rings is 1. The summed E-state index contributed by atoms with van der Waals surface area (Å²) < 4.78 is 37.3. The summed E-state index contributed by atoms with van der Waals surface area (Å²) in [5.74, 6) is -0.466. The molecule has 20 heavy (non-hydrogen) atoms. The van der Waals surface area contributed by atoms with E-state index in [0.29, 0.717) is 24.2 Å². The van der Waals surface area contributed by atoms with E-state index < -0.39 is 18.6 Å². The van der Waals surface area contributed by atoms with Crippen molar-refractivity contribution in [2.45, 2.75) is 25.1 Å². The van der Waals surface area contributed by atoms with E-state index in [1.54, 1.807) is 24.3 Å². The fourth-order valence-electron chi connectivity index (χ4n) is 1.99. The molecule has 7 heteroatoms. The lowest BCUT2D eigenvalue weighted by atomic mass is 10.3. The molecular weight excluding hydrogens is 271 g/mol. The van der Waals surface area contributed by atoms with Gasteiger partial charge in [-0.15, -0.1) is 0 Å². The van der Waals surface area contributed by atoms with Gasteiger partial charge in [0.05, 0.1) is 13.1 Å². The summed E-state index contributed by atoms with van der Waals surface area (Å²) in [6.45, 7) is -1.32. The van der Waals surface area contributed by atoms with Gasteiger partial charge in [-0.25, -0.2) is 0 Å². The van der Waals surface area contributed by atoms with Gasteiger partial charge in [0.2, 0.25) is 5.91 Å². The fourth-order valence-corrected chi connectivity index (χ4v) is 1.99. The molecule has 1 saturated carbocycles. The number of nitrogens with zero attached hydrogens (tertiary/aromatic N) is 1. The van der Waals surface area contributed by atoms with E-state index in [9.17, 15) is 18.0 Å². The maximum atomic E-state index is 12.4. The van der Waals surface area contributed by atoms with Crippen molar-refractivity contribution in [3.63, 3.8) is 0 Å². The van der Waals surface area contributed by atoms with Crippen LogP contribution in [-0.4, -0.2) is 36.1 Å². The average Bonchev–Trinajstić information content (AvgIpc) is 3.09. The Morgan fingerprint density at radius 3 is 2.65 bits per heavy atom. The van der Waals surface area contributed by atoms with Crippen LogP contribution >= 0.6 is 0 Å². The summed E-state index contributed by atoms with van der Waals surface area (Å²) >= 11 is 0. The zero-order valence-electron chi connectivity index (χ0n) is 10.8. The number of anilines is 2. The normalized spacial score (nSPS) is 15.4. The molecule has 0 aromatic heterocycles. The van der Waals surface area contributed by atoms with Crippen LogP contribution in [0.15, 0.2) is 24.3 Å². The van der Waals surface area contributed by atoms with Crippen LogP contribution in [0, 0.1) is 0 Å². The molecule has 0 bridgehead atoms. The van der Waals surface area contributed by atoms with Crippen LogP contribution in [0.25, 0.3) is 0 Å². The van der Waals surface area contributed by atoms with E-state index in [1.165, 1.54) is 4.90 Å². The third kappa shape index (κ3) is 4.73. The first-order valence-electron chi connectivity index (χ1n) is 6.30. The standard InChI is InChI=1S/C13H16F3N3O/c14-13(15,16)8-19(11-4-5-11)7-12(20)18-10-3-1-2-9(17)6-10/h1-3,6,11H,4-5,7-8,17H2,(H,18,20). The molecule has 0 spiro atoms. The lowest BCUT2D eigenvalue weighted by molar-refractivity contribution is -0.149. The number of alkyl halides is 3. The highest BCUT2D eigenvalue weighted by atomic mass is 19.4. The summed E-state index contributed by atoms with van der Waals surface area (Å²) in [5, 5.41) is 2.55. The number of nitrogens with one attached hydrogen (secondary N) is 1. The van der Waals surface area contributed by atoms with Crippen LogP contribution in [0.4, 0.5) is 24.5 Å². The number of hydrogen-bond acceptors (Lipinski definition) is 3. The molecule has 0 unspecified atom stereocenters. The minimum atomic E-state index is -4.29. The molecule has 1 aliphatic rings. The SMILES string of the molecule is Nc1cccc(NC(=O)CN(CC(F)(F)F)C2CC2)c1. The molecule has 0 heterocycles. The number of halogens is 3. The molecule has 0 aliphatic heterocycles. The summed E-state index contributed by atoms with van der Waals surface area (Å²) in [6.07, 6.45) is -2.87. The van der Waals surface area contributed by atoms with Crippen molar-refractivity contribution in [3.05, 3.63) is 24.3 Å². The lowest BCUT2D eigenvalue weighted by Crippen LogP contribution is -2.41. The second-order valence-corrected chi connectivity index (χ2v) is 4.92. The number of nitrogens with two attached hydrogens (primary N) is 1. The minimum absolute atomic E-state index is 0.136. The zero-order chi connectivity index (χ0) is 14.8. The lowest BCUT2D eigenvalue weighted by Gasteiger charge is -2.22. The van der Waals surface area contributed by atoms with Crippen molar-refractivity contribution in [3.8, 4) is 0 Å². The maximum Gasteiger partial charge on any atom is 0.401 e. The van der Waals surface area contributed by atoms with Gasteiger partial charge >= 0.3 is 6.18 Å². The molecule has 1 aliphatic carbocycles. The van der Waals surface area contributed by atoms with Gasteiger partial charge in [-0.1, -0.05) is 6.07 Å². The molecule has 0 saturated heterocycles.